The van der Waals surface area contributed by atoms with Crippen LogP contribution in [0.1, 0.15) is 78.0 Å². The highest BCUT2D eigenvalue weighted by Crippen LogP contribution is 2.45. The molecular formula is C33H35FN2O4. The van der Waals surface area contributed by atoms with E-state index in [9.17, 15) is 4.79 Å². The SMILES string of the molecule is CN=C(C)C(C(C)=N)c1cc(C)c(-c2ccc(F)c3c2CCC3Oc2ccc3c(c2)OCC3CC(=O)O)c(C)c1. The van der Waals surface area contributed by atoms with Gasteiger partial charge in [0.15, 0.2) is 0 Å². The number of rotatable bonds is 8. The van der Waals surface area contributed by atoms with E-state index in [1.165, 1.54) is 6.07 Å². The molecule has 0 fully saturated rings. The van der Waals surface area contributed by atoms with E-state index in [0.717, 1.165) is 44.7 Å². The zero-order chi connectivity index (χ0) is 28.7. The average molecular weight is 543 g/mol. The number of carboxylic acid groups (broad SMARTS) is 1. The number of carbonyl (C=O) groups is 1. The van der Waals surface area contributed by atoms with Crippen molar-refractivity contribution in [2.75, 3.05) is 13.7 Å². The summed E-state index contributed by atoms with van der Waals surface area (Å²) in [5, 5.41) is 17.5. The Kier molecular flexibility index (Phi) is 7.49. The number of ether oxygens (including phenoxy) is 2. The van der Waals surface area contributed by atoms with Crippen LogP contribution in [-0.4, -0.2) is 36.2 Å². The van der Waals surface area contributed by atoms with Gasteiger partial charge in [-0.3, -0.25) is 9.79 Å². The molecule has 3 atom stereocenters. The highest BCUT2D eigenvalue weighted by Gasteiger charge is 2.32. The van der Waals surface area contributed by atoms with Crippen LogP contribution in [-0.2, 0) is 11.2 Å². The molecule has 0 aromatic heterocycles. The van der Waals surface area contributed by atoms with Crippen LogP contribution in [0.4, 0.5) is 4.39 Å². The minimum atomic E-state index is -0.856. The minimum absolute atomic E-state index is 0.0183. The van der Waals surface area contributed by atoms with E-state index in [2.05, 4.69) is 31.0 Å². The Bertz CT molecular complexity index is 1520. The number of nitrogens with one attached hydrogen (secondary N) is 1. The largest absolute Gasteiger partial charge is 0.492 e. The van der Waals surface area contributed by atoms with Crippen LogP contribution in [0.15, 0.2) is 47.5 Å². The number of aliphatic carboxylic acids is 1. The van der Waals surface area contributed by atoms with Crippen LogP contribution in [0.3, 0.4) is 0 Å². The number of halogens is 1. The summed E-state index contributed by atoms with van der Waals surface area (Å²) < 4.78 is 27.4. The monoisotopic (exact) mass is 542 g/mol. The maximum atomic E-state index is 15.3. The minimum Gasteiger partial charge on any atom is -0.492 e. The molecule has 7 heteroatoms. The standard InChI is InChI=1S/C33H35FN2O4/c1-17-12-21(32(19(3)35)20(4)36-5)13-18(2)31(17)25-8-10-27(34)33-26(25)9-11-28(33)40-23-6-7-24-22(14-30(37)38)16-39-29(24)15-23/h6-8,10,12-13,15,22,28,32,35H,9,11,14,16H2,1-5H3,(H,37,38). The first-order chi connectivity index (χ1) is 19.1. The van der Waals surface area contributed by atoms with E-state index >= 15 is 4.39 Å². The van der Waals surface area contributed by atoms with Gasteiger partial charge >= 0.3 is 5.97 Å². The van der Waals surface area contributed by atoms with E-state index in [1.54, 1.807) is 13.1 Å². The van der Waals surface area contributed by atoms with Crippen LogP contribution in [0.25, 0.3) is 11.1 Å². The predicted molar refractivity (Wildman–Crippen MR) is 155 cm³/mol. The molecule has 2 N–H and O–H groups in total. The maximum Gasteiger partial charge on any atom is 0.304 e. The van der Waals surface area contributed by atoms with Gasteiger partial charge in [-0.2, -0.15) is 0 Å². The van der Waals surface area contributed by atoms with Gasteiger partial charge in [0, 0.05) is 41.6 Å². The summed E-state index contributed by atoms with van der Waals surface area (Å²) in [5.74, 6) is -0.266. The van der Waals surface area contributed by atoms with Crippen molar-refractivity contribution in [3.05, 3.63) is 81.7 Å². The van der Waals surface area contributed by atoms with Crippen molar-refractivity contribution in [3.63, 3.8) is 0 Å². The summed E-state index contributed by atoms with van der Waals surface area (Å²) in [6.45, 7) is 8.24. The van der Waals surface area contributed by atoms with Crippen LogP contribution in [0.5, 0.6) is 11.5 Å². The van der Waals surface area contributed by atoms with Gasteiger partial charge in [0.05, 0.1) is 18.9 Å². The number of aliphatic imine (C=N–C) groups is 1. The third-order valence-electron chi connectivity index (χ3n) is 8.21. The summed E-state index contributed by atoms with van der Waals surface area (Å²) in [6.07, 6.45) is 0.933. The molecule has 6 nitrogen and oxygen atoms in total. The molecule has 0 amide bonds. The Morgan fingerprint density at radius 2 is 1.90 bits per heavy atom. The Balaban J connectivity index is 1.47. The normalized spacial score (nSPS) is 18.6. The molecule has 0 saturated carbocycles. The van der Waals surface area contributed by atoms with Crippen LogP contribution >= 0.6 is 0 Å². The predicted octanol–water partition coefficient (Wildman–Crippen LogP) is 7.34. The molecule has 208 valence electrons. The maximum absolute atomic E-state index is 15.3. The fourth-order valence-electron chi connectivity index (χ4n) is 6.42. The third kappa shape index (κ3) is 5.01. The summed E-state index contributed by atoms with van der Waals surface area (Å²) in [6, 6.07) is 13.1. The molecule has 3 aromatic rings. The molecule has 0 spiro atoms. The number of aryl methyl sites for hydroxylation is 2. The first-order valence-electron chi connectivity index (χ1n) is 13.6. The number of nitrogens with zero attached hydrogens (tertiary/aromatic N) is 1. The Morgan fingerprint density at radius 1 is 1.18 bits per heavy atom. The van der Waals surface area contributed by atoms with Gasteiger partial charge in [-0.25, -0.2) is 4.39 Å². The second-order valence-corrected chi connectivity index (χ2v) is 10.9. The molecular weight excluding hydrogens is 507 g/mol. The molecule has 40 heavy (non-hydrogen) atoms. The fraction of sp³-hybridized carbons (Fsp3) is 0.364. The third-order valence-corrected chi connectivity index (χ3v) is 8.21. The molecule has 3 aromatic carbocycles. The van der Waals surface area contributed by atoms with Crippen LogP contribution in [0.2, 0.25) is 0 Å². The van der Waals surface area contributed by atoms with Gasteiger partial charge in [-0.1, -0.05) is 24.3 Å². The highest BCUT2D eigenvalue weighted by atomic mass is 19.1. The molecule has 0 saturated heterocycles. The zero-order valence-electron chi connectivity index (χ0n) is 23.6. The van der Waals surface area contributed by atoms with Crippen molar-refractivity contribution in [1.82, 2.24) is 0 Å². The van der Waals surface area contributed by atoms with Crippen LogP contribution in [0, 0.1) is 25.1 Å². The number of benzene rings is 3. The van der Waals surface area contributed by atoms with E-state index in [0.29, 0.717) is 42.2 Å². The van der Waals surface area contributed by atoms with Gasteiger partial charge in [0.25, 0.3) is 0 Å². The molecule has 0 radical (unpaired) electrons. The summed E-state index contributed by atoms with van der Waals surface area (Å²) in [7, 11) is 1.76. The Hall–Kier alpha value is -4.00. The van der Waals surface area contributed by atoms with Crippen molar-refractivity contribution < 1.29 is 23.8 Å². The lowest BCUT2D eigenvalue weighted by Crippen LogP contribution is -2.17. The van der Waals surface area contributed by atoms with Crippen molar-refractivity contribution in [1.29, 1.82) is 5.41 Å². The summed E-state index contributed by atoms with van der Waals surface area (Å²) >= 11 is 0. The average Bonchev–Trinajstić information content (AvgIpc) is 3.49. The second kappa shape index (κ2) is 10.9. The number of carboxylic acids is 1. The van der Waals surface area contributed by atoms with Gasteiger partial charge in [0.2, 0.25) is 0 Å². The van der Waals surface area contributed by atoms with E-state index < -0.39 is 12.1 Å². The number of fused-ring (bicyclic) bond motifs is 2. The van der Waals surface area contributed by atoms with E-state index in [-0.39, 0.29) is 24.1 Å². The molecule has 3 unspecified atom stereocenters. The zero-order valence-corrected chi connectivity index (χ0v) is 23.6. The van der Waals surface area contributed by atoms with Gasteiger partial charge in [-0.05, 0) is 86.1 Å². The topological polar surface area (TPSA) is 92.0 Å². The van der Waals surface area contributed by atoms with Crippen molar-refractivity contribution in [2.45, 2.75) is 64.9 Å². The lowest BCUT2D eigenvalue weighted by Gasteiger charge is -2.21. The summed E-state index contributed by atoms with van der Waals surface area (Å²) in [4.78, 5) is 15.5. The number of hydrogen-bond donors (Lipinski definition) is 2. The molecule has 2 aliphatic rings. The van der Waals surface area contributed by atoms with Crippen molar-refractivity contribution in [3.8, 4) is 22.6 Å². The van der Waals surface area contributed by atoms with Gasteiger partial charge in [0.1, 0.15) is 23.4 Å². The van der Waals surface area contributed by atoms with E-state index in [1.807, 2.05) is 32.0 Å². The van der Waals surface area contributed by atoms with Crippen LogP contribution < -0.4 is 9.47 Å². The smallest absolute Gasteiger partial charge is 0.304 e. The molecule has 1 heterocycles. The molecule has 1 aliphatic carbocycles. The lowest BCUT2D eigenvalue weighted by atomic mass is 9.84. The Morgan fingerprint density at radius 3 is 2.55 bits per heavy atom. The van der Waals surface area contributed by atoms with Crippen molar-refractivity contribution in [2.24, 2.45) is 4.99 Å². The lowest BCUT2D eigenvalue weighted by molar-refractivity contribution is -0.137. The quantitative estimate of drug-likeness (QED) is 0.291. The van der Waals surface area contributed by atoms with Gasteiger partial charge < -0.3 is 20.0 Å². The highest BCUT2D eigenvalue weighted by molar-refractivity contribution is 6.09. The first-order valence-corrected chi connectivity index (χ1v) is 13.6. The molecule has 5 rings (SSSR count). The van der Waals surface area contributed by atoms with E-state index in [4.69, 9.17) is 20.0 Å². The van der Waals surface area contributed by atoms with Gasteiger partial charge in [-0.15, -0.1) is 0 Å². The van der Waals surface area contributed by atoms with Crippen molar-refractivity contribution >= 4 is 17.4 Å². The second-order valence-electron chi connectivity index (χ2n) is 10.9. The number of hydrogen-bond acceptors (Lipinski definition) is 5. The molecule has 1 aliphatic heterocycles. The Labute approximate surface area is 234 Å². The first kappa shape index (κ1) is 27.6. The summed E-state index contributed by atoms with van der Waals surface area (Å²) in [5.41, 5.74) is 9.17. The molecule has 0 bridgehead atoms. The fourth-order valence-corrected chi connectivity index (χ4v) is 6.42.